The van der Waals surface area contributed by atoms with Crippen LogP contribution in [0.25, 0.3) is 10.8 Å². The molecular weight excluding hydrogens is 310 g/mol. The lowest BCUT2D eigenvalue weighted by Crippen LogP contribution is -2.51. The molecule has 0 aliphatic heterocycles. The number of carbonyl (C=O) groups excluding carboxylic acids is 3. The predicted octanol–water partition coefficient (Wildman–Crippen LogP) is 0.461. The van der Waals surface area contributed by atoms with E-state index in [0.717, 1.165) is 16.3 Å². The Kier molecular flexibility index (Phi) is 5.49. The smallest absolute Gasteiger partial charge is 0.332 e. The standard InChI is InChI=1S/C17H19N3O4/c1-20(2)17(23)14(18-15(21)16(22)19-24)10-11-7-8-12-5-3-4-6-13(12)9-11/h3-9,14,24H,10H2,1-2H3,(H,18,21)(H,19,22)/t14-/m0/s1. The summed E-state index contributed by atoms with van der Waals surface area (Å²) in [4.78, 5) is 36.4. The molecule has 0 aliphatic rings. The van der Waals surface area contributed by atoms with E-state index in [4.69, 9.17) is 5.21 Å². The Morgan fingerprint density at radius 3 is 2.33 bits per heavy atom. The fourth-order valence-corrected chi connectivity index (χ4v) is 2.39. The first-order valence-corrected chi connectivity index (χ1v) is 7.36. The number of carbonyl (C=O) groups is 3. The maximum atomic E-state index is 12.3. The molecule has 7 nitrogen and oxygen atoms in total. The van der Waals surface area contributed by atoms with E-state index >= 15 is 0 Å². The van der Waals surface area contributed by atoms with Gasteiger partial charge in [-0.3, -0.25) is 19.6 Å². The van der Waals surface area contributed by atoms with Crippen LogP contribution >= 0.6 is 0 Å². The van der Waals surface area contributed by atoms with E-state index in [1.807, 2.05) is 42.5 Å². The summed E-state index contributed by atoms with van der Waals surface area (Å²) in [6, 6.07) is 12.6. The highest BCUT2D eigenvalue weighted by molar-refractivity contribution is 6.35. The van der Waals surface area contributed by atoms with Crippen LogP contribution in [0.4, 0.5) is 0 Å². The molecule has 0 saturated heterocycles. The van der Waals surface area contributed by atoms with Crippen molar-refractivity contribution in [2.24, 2.45) is 0 Å². The van der Waals surface area contributed by atoms with Crippen LogP contribution in [0.2, 0.25) is 0 Å². The number of hydrogen-bond acceptors (Lipinski definition) is 4. The monoisotopic (exact) mass is 329 g/mol. The highest BCUT2D eigenvalue weighted by Gasteiger charge is 2.25. The zero-order chi connectivity index (χ0) is 17.7. The number of hydroxylamine groups is 1. The second-order valence-electron chi connectivity index (χ2n) is 5.59. The third kappa shape index (κ3) is 4.08. The van der Waals surface area contributed by atoms with Crippen molar-refractivity contribution in [3.8, 4) is 0 Å². The van der Waals surface area contributed by atoms with Crippen LogP contribution in [-0.2, 0) is 20.8 Å². The molecule has 0 heterocycles. The summed E-state index contributed by atoms with van der Waals surface area (Å²) in [6.45, 7) is 0. The third-order valence-corrected chi connectivity index (χ3v) is 3.61. The summed E-state index contributed by atoms with van der Waals surface area (Å²) in [5, 5.41) is 13.0. The van der Waals surface area contributed by atoms with Crippen molar-refractivity contribution in [1.29, 1.82) is 0 Å². The first kappa shape index (κ1) is 17.4. The number of nitrogens with one attached hydrogen (secondary N) is 2. The molecule has 3 N–H and O–H groups in total. The van der Waals surface area contributed by atoms with Crippen molar-refractivity contribution in [1.82, 2.24) is 15.7 Å². The van der Waals surface area contributed by atoms with Crippen LogP contribution in [0.15, 0.2) is 42.5 Å². The Balaban J connectivity index is 2.24. The Morgan fingerprint density at radius 1 is 1.04 bits per heavy atom. The quantitative estimate of drug-likeness (QED) is 0.431. The maximum Gasteiger partial charge on any atom is 0.332 e. The molecule has 0 fully saturated rings. The van der Waals surface area contributed by atoms with E-state index in [0.29, 0.717) is 0 Å². The molecule has 24 heavy (non-hydrogen) atoms. The molecule has 0 radical (unpaired) electrons. The topological polar surface area (TPSA) is 98.7 Å². The number of nitrogens with zero attached hydrogens (tertiary/aromatic N) is 1. The second kappa shape index (κ2) is 7.56. The molecule has 0 aromatic heterocycles. The Morgan fingerprint density at radius 2 is 1.71 bits per heavy atom. The molecule has 0 saturated carbocycles. The van der Waals surface area contributed by atoms with Gasteiger partial charge in [0, 0.05) is 20.5 Å². The summed E-state index contributed by atoms with van der Waals surface area (Å²) < 4.78 is 0. The Bertz CT molecular complexity index is 773. The molecule has 1 atom stereocenters. The first-order chi connectivity index (χ1) is 11.4. The zero-order valence-corrected chi connectivity index (χ0v) is 13.4. The lowest BCUT2D eigenvalue weighted by Gasteiger charge is -2.21. The van der Waals surface area contributed by atoms with Crippen LogP contribution in [0.5, 0.6) is 0 Å². The molecule has 7 heteroatoms. The fraction of sp³-hybridized carbons (Fsp3) is 0.235. The summed E-state index contributed by atoms with van der Waals surface area (Å²) in [7, 11) is 3.13. The van der Waals surface area contributed by atoms with E-state index in [9.17, 15) is 14.4 Å². The SMILES string of the molecule is CN(C)C(=O)[C@H](Cc1ccc2ccccc2c1)NC(=O)C(=O)NO. The molecule has 0 spiro atoms. The van der Waals surface area contributed by atoms with E-state index in [2.05, 4.69) is 5.32 Å². The number of likely N-dealkylation sites (N-methyl/N-ethyl adjacent to an activating group) is 1. The van der Waals surface area contributed by atoms with Gasteiger partial charge in [0.1, 0.15) is 6.04 Å². The lowest BCUT2D eigenvalue weighted by molar-refractivity contribution is -0.146. The van der Waals surface area contributed by atoms with Gasteiger partial charge >= 0.3 is 11.8 Å². The maximum absolute atomic E-state index is 12.3. The minimum Gasteiger partial charge on any atom is -0.347 e. The minimum absolute atomic E-state index is 0.228. The van der Waals surface area contributed by atoms with Crippen molar-refractivity contribution in [2.45, 2.75) is 12.5 Å². The van der Waals surface area contributed by atoms with Gasteiger partial charge in [-0.1, -0.05) is 42.5 Å². The third-order valence-electron chi connectivity index (χ3n) is 3.61. The number of benzene rings is 2. The predicted molar refractivity (Wildman–Crippen MR) is 88.2 cm³/mol. The number of amides is 3. The van der Waals surface area contributed by atoms with Gasteiger partial charge in [0.15, 0.2) is 0 Å². The lowest BCUT2D eigenvalue weighted by atomic mass is 10.0. The van der Waals surface area contributed by atoms with Crippen LogP contribution in [0.1, 0.15) is 5.56 Å². The molecule has 3 amide bonds. The second-order valence-corrected chi connectivity index (χ2v) is 5.59. The number of fused-ring (bicyclic) bond motifs is 1. The molecule has 0 bridgehead atoms. The van der Waals surface area contributed by atoms with E-state index in [1.165, 1.54) is 10.4 Å². The van der Waals surface area contributed by atoms with Crippen LogP contribution < -0.4 is 10.8 Å². The molecule has 2 rings (SSSR count). The summed E-state index contributed by atoms with van der Waals surface area (Å²) >= 11 is 0. The highest BCUT2D eigenvalue weighted by Crippen LogP contribution is 2.17. The summed E-state index contributed by atoms with van der Waals surface area (Å²) in [5.41, 5.74) is 2.10. The molecule has 2 aromatic rings. The van der Waals surface area contributed by atoms with Gasteiger partial charge in [-0.15, -0.1) is 0 Å². The fourth-order valence-electron chi connectivity index (χ4n) is 2.39. The van der Waals surface area contributed by atoms with Crippen molar-refractivity contribution in [2.75, 3.05) is 14.1 Å². The van der Waals surface area contributed by atoms with Crippen molar-refractivity contribution >= 4 is 28.5 Å². The normalized spacial score (nSPS) is 11.6. The van der Waals surface area contributed by atoms with Crippen LogP contribution in [0, 0.1) is 0 Å². The van der Waals surface area contributed by atoms with Gasteiger partial charge in [-0.25, -0.2) is 5.48 Å². The van der Waals surface area contributed by atoms with Gasteiger partial charge < -0.3 is 10.2 Å². The zero-order valence-electron chi connectivity index (χ0n) is 13.4. The molecule has 0 unspecified atom stereocenters. The van der Waals surface area contributed by atoms with Gasteiger partial charge in [0.2, 0.25) is 5.91 Å². The number of hydrogen-bond donors (Lipinski definition) is 3. The highest BCUT2D eigenvalue weighted by atomic mass is 16.5. The van der Waals surface area contributed by atoms with E-state index < -0.39 is 17.9 Å². The van der Waals surface area contributed by atoms with Crippen molar-refractivity contribution in [3.63, 3.8) is 0 Å². The Hall–Kier alpha value is -2.93. The molecule has 2 aromatic carbocycles. The average molecular weight is 329 g/mol. The summed E-state index contributed by atoms with van der Waals surface area (Å²) in [5.74, 6) is -2.63. The van der Waals surface area contributed by atoms with Crippen LogP contribution in [-0.4, -0.2) is 48.0 Å². The first-order valence-electron chi connectivity index (χ1n) is 7.36. The Labute approximate surface area is 139 Å². The van der Waals surface area contributed by atoms with Gasteiger partial charge in [0.05, 0.1) is 0 Å². The van der Waals surface area contributed by atoms with Gasteiger partial charge in [0.25, 0.3) is 0 Å². The van der Waals surface area contributed by atoms with Crippen molar-refractivity contribution < 1.29 is 19.6 Å². The van der Waals surface area contributed by atoms with E-state index in [1.54, 1.807) is 14.1 Å². The van der Waals surface area contributed by atoms with Gasteiger partial charge in [-0.05, 0) is 16.3 Å². The number of rotatable bonds is 4. The molecule has 126 valence electrons. The van der Waals surface area contributed by atoms with Gasteiger partial charge in [-0.2, -0.15) is 0 Å². The van der Waals surface area contributed by atoms with E-state index in [-0.39, 0.29) is 12.3 Å². The average Bonchev–Trinajstić information content (AvgIpc) is 2.59. The summed E-state index contributed by atoms with van der Waals surface area (Å²) in [6.07, 6.45) is 0.228. The molecular formula is C17H19N3O4. The largest absolute Gasteiger partial charge is 0.347 e. The minimum atomic E-state index is -1.22. The van der Waals surface area contributed by atoms with Crippen molar-refractivity contribution in [3.05, 3.63) is 48.0 Å². The van der Waals surface area contributed by atoms with Crippen LogP contribution in [0.3, 0.4) is 0 Å². The molecule has 0 aliphatic carbocycles.